The lowest BCUT2D eigenvalue weighted by molar-refractivity contribution is -0.147. The molecule has 0 aromatic heterocycles. The zero-order chi connectivity index (χ0) is 13.6. The molecule has 0 aromatic rings. The molecule has 1 N–H and O–H groups in total. The first-order valence-corrected chi connectivity index (χ1v) is 6.58. The summed E-state index contributed by atoms with van der Waals surface area (Å²) in [6.07, 6.45) is 0. The van der Waals surface area contributed by atoms with Crippen LogP contribution in [0.3, 0.4) is 0 Å². The van der Waals surface area contributed by atoms with Gasteiger partial charge >= 0.3 is 0 Å². The van der Waals surface area contributed by atoms with Gasteiger partial charge in [-0.05, 0) is 12.8 Å². The lowest BCUT2D eigenvalue weighted by Gasteiger charge is -2.39. The van der Waals surface area contributed by atoms with Gasteiger partial charge in [-0.1, -0.05) is 13.8 Å². The number of ether oxygens (including phenoxy) is 2. The van der Waals surface area contributed by atoms with Crippen LogP contribution in [0, 0.1) is 5.92 Å². The number of methoxy groups -OCH3 is 1. The highest BCUT2D eigenvalue weighted by Gasteiger charge is 2.33. The van der Waals surface area contributed by atoms with E-state index in [0.717, 1.165) is 19.6 Å². The van der Waals surface area contributed by atoms with Crippen LogP contribution in [0.4, 0.5) is 0 Å². The van der Waals surface area contributed by atoms with Crippen LogP contribution in [0.25, 0.3) is 0 Å². The summed E-state index contributed by atoms with van der Waals surface area (Å²) in [6, 6.07) is 0. The van der Waals surface area contributed by atoms with Crippen molar-refractivity contribution in [2.45, 2.75) is 26.4 Å². The Labute approximate surface area is 110 Å². The number of amides is 1. The van der Waals surface area contributed by atoms with E-state index in [2.05, 4.69) is 19.2 Å². The first-order valence-electron chi connectivity index (χ1n) is 6.58. The maximum absolute atomic E-state index is 12.1. The number of nitrogens with zero attached hydrogens (tertiary/aromatic N) is 1. The Morgan fingerprint density at radius 3 is 2.56 bits per heavy atom. The zero-order valence-electron chi connectivity index (χ0n) is 12.0. The van der Waals surface area contributed by atoms with Gasteiger partial charge in [0.1, 0.15) is 6.61 Å². The Bertz CT molecular complexity index is 265. The van der Waals surface area contributed by atoms with Gasteiger partial charge in [0.05, 0.1) is 12.2 Å². The quantitative estimate of drug-likeness (QED) is 0.688. The van der Waals surface area contributed by atoms with Crippen LogP contribution in [-0.2, 0) is 14.3 Å². The molecule has 5 heteroatoms. The fourth-order valence-electron chi connectivity index (χ4n) is 1.87. The van der Waals surface area contributed by atoms with E-state index >= 15 is 0 Å². The molecule has 1 fully saturated rings. The van der Waals surface area contributed by atoms with Crippen LogP contribution in [0.15, 0.2) is 0 Å². The number of carbonyl (C=O) groups excluding carboxylic acids is 1. The van der Waals surface area contributed by atoms with Gasteiger partial charge < -0.3 is 19.7 Å². The van der Waals surface area contributed by atoms with Crippen molar-refractivity contribution in [3.8, 4) is 0 Å². The van der Waals surface area contributed by atoms with Crippen LogP contribution in [0.5, 0.6) is 0 Å². The normalized spacial score (nSPS) is 17.6. The standard InChI is InChI=1S/C13H26N2O3/c1-11(2)7-15(5-6-17-4)12(16)8-18-13(3)9-14-10-13/h11,14H,5-10H2,1-4H3. The molecule has 0 bridgehead atoms. The van der Waals surface area contributed by atoms with Crippen LogP contribution >= 0.6 is 0 Å². The van der Waals surface area contributed by atoms with Crippen molar-refractivity contribution in [2.75, 3.05) is 46.5 Å². The largest absolute Gasteiger partial charge is 0.383 e. The third-order valence-corrected chi connectivity index (χ3v) is 3.05. The van der Waals surface area contributed by atoms with Gasteiger partial charge in [0.15, 0.2) is 0 Å². The van der Waals surface area contributed by atoms with Crippen LogP contribution in [-0.4, -0.2) is 62.9 Å². The predicted molar refractivity (Wildman–Crippen MR) is 70.5 cm³/mol. The lowest BCUT2D eigenvalue weighted by Crippen LogP contribution is -2.59. The second-order valence-corrected chi connectivity index (χ2v) is 5.57. The Kier molecular flexibility index (Phi) is 6.05. The molecule has 1 aliphatic heterocycles. The molecule has 0 radical (unpaired) electrons. The van der Waals surface area contributed by atoms with Gasteiger partial charge in [0, 0.05) is 33.3 Å². The van der Waals surface area contributed by atoms with Crippen molar-refractivity contribution < 1.29 is 14.3 Å². The highest BCUT2D eigenvalue weighted by molar-refractivity contribution is 5.77. The maximum atomic E-state index is 12.1. The van der Waals surface area contributed by atoms with Gasteiger partial charge in [-0.15, -0.1) is 0 Å². The first-order chi connectivity index (χ1) is 8.47. The summed E-state index contributed by atoms with van der Waals surface area (Å²) < 4.78 is 10.7. The van der Waals surface area contributed by atoms with Crippen molar-refractivity contribution in [2.24, 2.45) is 5.92 Å². The van der Waals surface area contributed by atoms with Crippen molar-refractivity contribution >= 4 is 5.91 Å². The van der Waals surface area contributed by atoms with Crippen molar-refractivity contribution in [3.05, 3.63) is 0 Å². The minimum Gasteiger partial charge on any atom is -0.383 e. The van der Waals surface area contributed by atoms with Crippen molar-refractivity contribution in [3.63, 3.8) is 0 Å². The first kappa shape index (κ1) is 15.4. The highest BCUT2D eigenvalue weighted by atomic mass is 16.5. The van der Waals surface area contributed by atoms with Crippen LogP contribution in [0.2, 0.25) is 0 Å². The maximum Gasteiger partial charge on any atom is 0.248 e. The van der Waals surface area contributed by atoms with E-state index in [4.69, 9.17) is 9.47 Å². The second kappa shape index (κ2) is 7.07. The third-order valence-electron chi connectivity index (χ3n) is 3.05. The molecule has 1 amide bonds. The molecule has 0 spiro atoms. The Hall–Kier alpha value is -0.650. The summed E-state index contributed by atoms with van der Waals surface area (Å²) in [6.45, 7) is 9.98. The van der Waals surface area contributed by atoms with E-state index in [1.807, 2.05) is 11.8 Å². The highest BCUT2D eigenvalue weighted by Crippen LogP contribution is 2.15. The lowest BCUT2D eigenvalue weighted by atomic mass is 10.0. The molecule has 5 nitrogen and oxygen atoms in total. The topological polar surface area (TPSA) is 50.8 Å². The Morgan fingerprint density at radius 1 is 1.44 bits per heavy atom. The van der Waals surface area contributed by atoms with Crippen molar-refractivity contribution in [1.82, 2.24) is 10.2 Å². The molecule has 0 atom stereocenters. The van der Waals surface area contributed by atoms with Crippen molar-refractivity contribution in [1.29, 1.82) is 0 Å². The second-order valence-electron chi connectivity index (χ2n) is 5.57. The summed E-state index contributed by atoms with van der Waals surface area (Å²) in [7, 11) is 1.65. The SMILES string of the molecule is COCCN(CC(C)C)C(=O)COC1(C)CNC1. The van der Waals surface area contributed by atoms with Gasteiger partial charge in [-0.2, -0.15) is 0 Å². The summed E-state index contributed by atoms with van der Waals surface area (Å²) in [4.78, 5) is 13.9. The van der Waals surface area contributed by atoms with E-state index in [9.17, 15) is 4.79 Å². The molecule has 0 saturated carbocycles. The fourth-order valence-corrected chi connectivity index (χ4v) is 1.87. The molecule has 0 unspecified atom stereocenters. The van der Waals surface area contributed by atoms with E-state index < -0.39 is 0 Å². The van der Waals surface area contributed by atoms with Crippen LogP contribution < -0.4 is 5.32 Å². The molecule has 1 heterocycles. The number of hydrogen-bond acceptors (Lipinski definition) is 4. The van der Waals surface area contributed by atoms with E-state index in [0.29, 0.717) is 19.1 Å². The van der Waals surface area contributed by atoms with E-state index in [1.54, 1.807) is 7.11 Å². The summed E-state index contributed by atoms with van der Waals surface area (Å²) in [5.74, 6) is 0.501. The molecule has 0 aliphatic carbocycles. The number of hydrogen-bond donors (Lipinski definition) is 1. The van der Waals surface area contributed by atoms with Crippen LogP contribution in [0.1, 0.15) is 20.8 Å². The Morgan fingerprint density at radius 2 is 2.11 bits per heavy atom. The molecule has 106 valence electrons. The molecule has 1 rings (SSSR count). The minimum atomic E-state index is -0.166. The van der Waals surface area contributed by atoms with E-state index in [1.165, 1.54) is 0 Å². The number of rotatable bonds is 8. The minimum absolute atomic E-state index is 0.0499. The van der Waals surface area contributed by atoms with Gasteiger partial charge in [0.2, 0.25) is 5.91 Å². The Balaban J connectivity index is 2.37. The fraction of sp³-hybridized carbons (Fsp3) is 0.923. The van der Waals surface area contributed by atoms with Gasteiger partial charge in [-0.25, -0.2) is 0 Å². The average molecular weight is 258 g/mol. The average Bonchev–Trinajstić information content (AvgIpc) is 2.28. The number of nitrogens with one attached hydrogen (secondary N) is 1. The molecule has 18 heavy (non-hydrogen) atoms. The summed E-state index contributed by atoms with van der Waals surface area (Å²) >= 11 is 0. The summed E-state index contributed by atoms with van der Waals surface area (Å²) in [5.41, 5.74) is -0.166. The molecular weight excluding hydrogens is 232 g/mol. The molecule has 1 saturated heterocycles. The van der Waals surface area contributed by atoms with Gasteiger partial charge in [-0.3, -0.25) is 4.79 Å². The monoisotopic (exact) mass is 258 g/mol. The molecule has 0 aromatic carbocycles. The smallest absolute Gasteiger partial charge is 0.248 e. The van der Waals surface area contributed by atoms with E-state index in [-0.39, 0.29) is 18.1 Å². The predicted octanol–water partition coefficient (Wildman–Crippen LogP) is 0.496. The molecular formula is C13H26N2O3. The van der Waals surface area contributed by atoms with Gasteiger partial charge in [0.25, 0.3) is 0 Å². The molecule has 1 aliphatic rings. The number of carbonyl (C=O) groups is 1. The third kappa shape index (κ3) is 4.92. The zero-order valence-corrected chi connectivity index (χ0v) is 12.0. The summed E-state index contributed by atoms with van der Waals surface area (Å²) in [5, 5.41) is 3.15.